The fourth-order valence-electron chi connectivity index (χ4n) is 2.18. The summed E-state index contributed by atoms with van der Waals surface area (Å²) in [6.07, 6.45) is -6.76. The Balaban J connectivity index is 2.31. The number of ether oxygens (including phenoxy) is 1. The topological polar surface area (TPSA) is 38.3 Å². The van der Waals surface area contributed by atoms with Gasteiger partial charge in [0.05, 0.1) is 16.1 Å². The molecule has 3 rings (SSSR count). The highest BCUT2D eigenvalue weighted by atomic mass is 32.1. The lowest BCUT2D eigenvalue weighted by Crippen LogP contribution is -2.50. The van der Waals surface area contributed by atoms with Crippen LogP contribution >= 0.6 is 11.3 Å². The van der Waals surface area contributed by atoms with Gasteiger partial charge in [-0.05, 0) is 29.5 Å². The summed E-state index contributed by atoms with van der Waals surface area (Å²) in [6, 6.07) is 4.42. The van der Waals surface area contributed by atoms with E-state index in [1.54, 1.807) is 17.4 Å². The van der Waals surface area contributed by atoms with Crippen LogP contribution in [0.2, 0.25) is 0 Å². The summed E-state index contributed by atoms with van der Waals surface area (Å²) >= 11 is 1.05. The molecule has 0 saturated heterocycles. The zero-order chi connectivity index (χ0) is 17.5. The number of cyclic esters (lactones) is 1. The van der Waals surface area contributed by atoms with Gasteiger partial charge in [-0.2, -0.15) is 13.2 Å². The Bertz CT molecular complexity index is 866. The van der Waals surface area contributed by atoms with E-state index in [0.29, 0.717) is 6.07 Å². The van der Waals surface area contributed by atoms with E-state index in [2.05, 4.69) is 10.7 Å². The number of benzene rings is 1. The maximum atomic E-state index is 14.1. The van der Waals surface area contributed by atoms with Crippen molar-refractivity contribution in [1.29, 1.82) is 0 Å². The van der Waals surface area contributed by atoms with Crippen molar-refractivity contribution in [2.24, 2.45) is 0 Å². The molecule has 1 unspecified atom stereocenters. The molecule has 3 nitrogen and oxygen atoms in total. The fourth-order valence-corrected chi connectivity index (χ4v) is 2.75. The Hall–Kier alpha value is -2.60. The van der Waals surface area contributed by atoms with Crippen LogP contribution in [0.3, 0.4) is 0 Å². The van der Waals surface area contributed by atoms with Gasteiger partial charge in [0.2, 0.25) is 0 Å². The number of carbonyl (C=O) groups is 1. The number of alkyl halides is 3. The molecule has 9 heteroatoms. The van der Waals surface area contributed by atoms with E-state index in [1.807, 2.05) is 5.32 Å². The van der Waals surface area contributed by atoms with Crippen molar-refractivity contribution in [2.75, 3.05) is 5.32 Å². The SMILES string of the molecule is O=C1Nc2ccc(F)c(F)c2C(C#Cc2cccs2)(C(F)(F)F)O1. The highest BCUT2D eigenvalue weighted by molar-refractivity contribution is 7.10. The summed E-state index contributed by atoms with van der Waals surface area (Å²) in [4.78, 5) is 11.8. The lowest BCUT2D eigenvalue weighted by Gasteiger charge is -2.35. The Morgan fingerprint density at radius 2 is 1.96 bits per heavy atom. The molecule has 1 aromatic carbocycles. The number of halogens is 5. The van der Waals surface area contributed by atoms with Gasteiger partial charge in [-0.15, -0.1) is 11.3 Å². The third kappa shape index (κ3) is 2.49. The Morgan fingerprint density at radius 1 is 1.21 bits per heavy atom. The van der Waals surface area contributed by atoms with Gasteiger partial charge >= 0.3 is 12.3 Å². The average Bonchev–Trinajstić information content (AvgIpc) is 3.00. The predicted octanol–water partition coefficient (Wildman–Crippen LogP) is 4.40. The zero-order valence-corrected chi connectivity index (χ0v) is 12.3. The van der Waals surface area contributed by atoms with E-state index in [0.717, 1.165) is 17.4 Å². The number of hydrogen-bond donors (Lipinski definition) is 1. The molecule has 2 aromatic rings. The highest BCUT2D eigenvalue weighted by Gasteiger charge is 2.63. The van der Waals surface area contributed by atoms with Gasteiger partial charge in [-0.1, -0.05) is 12.0 Å². The highest BCUT2D eigenvalue weighted by Crippen LogP contribution is 2.48. The van der Waals surface area contributed by atoms with Crippen molar-refractivity contribution >= 4 is 23.1 Å². The van der Waals surface area contributed by atoms with Crippen molar-refractivity contribution in [3.63, 3.8) is 0 Å². The smallest absolute Gasteiger partial charge is 0.415 e. The monoisotopic (exact) mass is 359 g/mol. The van der Waals surface area contributed by atoms with Crippen LogP contribution in [0.5, 0.6) is 0 Å². The Labute approximate surface area is 136 Å². The minimum atomic E-state index is -5.29. The summed E-state index contributed by atoms with van der Waals surface area (Å²) in [6.45, 7) is 0. The molecule has 1 aliphatic rings. The largest absolute Gasteiger partial charge is 0.445 e. The van der Waals surface area contributed by atoms with Crippen molar-refractivity contribution in [2.45, 2.75) is 11.8 Å². The quantitative estimate of drug-likeness (QED) is 0.559. The van der Waals surface area contributed by atoms with Gasteiger partial charge in [0, 0.05) is 0 Å². The van der Waals surface area contributed by atoms with Gasteiger partial charge in [0.15, 0.2) is 11.6 Å². The first-order chi connectivity index (χ1) is 11.2. The van der Waals surface area contributed by atoms with E-state index in [4.69, 9.17) is 0 Å². The minimum absolute atomic E-state index is 0.242. The second-order valence-corrected chi connectivity index (χ2v) is 5.65. The molecule has 1 atom stereocenters. The third-order valence-electron chi connectivity index (χ3n) is 3.21. The van der Waals surface area contributed by atoms with Crippen LogP contribution in [-0.4, -0.2) is 12.3 Å². The zero-order valence-electron chi connectivity index (χ0n) is 11.5. The molecular weight excluding hydrogens is 353 g/mol. The fraction of sp³-hybridized carbons (Fsp3) is 0.133. The standard InChI is InChI=1S/C15H6F5NO2S/c16-9-3-4-10-11(12(9)17)14(15(18,19)20,23-13(22)21-10)6-5-8-2-1-7-24-8/h1-4,7H,(H,21,22). The maximum Gasteiger partial charge on any atom is 0.445 e. The number of fused-ring (bicyclic) bond motifs is 1. The Morgan fingerprint density at radius 3 is 2.58 bits per heavy atom. The summed E-state index contributed by atoms with van der Waals surface area (Å²) in [5.41, 5.74) is -5.37. The molecule has 1 aromatic heterocycles. The summed E-state index contributed by atoms with van der Waals surface area (Å²) in [5, 5.41) is 3.49. The summed E-state index contributed by atoms with van der Waals surface area (Å²) in [7, 11) is 0. The molecule has 1 N–H and O–H groups in total. The first kappa shape index (κ1) is 16.3. The van der Waals surface area contributed by atoms with E-state index < -0.39 is 40.8 Å². The van der Waals surface area contributed by atoms with Crippen molar-refractivity contribution in [3.05, 3.63) is 51.7 Å². The van der Waals surface area contributed by atoms with Crippen LogP contribution in [0.25, 0.3) is 0 Å². The maximum absolute atomic E-state index is 14.1. The van der Waals surface area contributed by atoms with Crippen LogP contribution in [-0.2, 0) is 10.3 Å². The summed E-state index contributed by atoms with van der Waals surface area (Å²) < 4.78 is 73.1. The first-order valence-electron chi connectivity index (χ1n) is 6.36. The summed E-state index contributed by atoms with van der Waals surface area (Å²) in [5.74, 6) is 0.682. The van der Waals surface area contributed by atoms with Gasteiger partial charge < -0.3 is 4.74 Å². The molecule has 0 spiro atoms. The second-order valence-electron chi connectivity index (χ2n) is 4.70. The van der Waals surface area contributed by atoms with Crippen molar-refractivity contribution in [1.82, 2.24) is 0 Å². The van der Waals surface area contributed by atoms with Gasteiger partial charge in [0.25, 0.3) is 5.60 Å². The number of anilines is 1. The van der Waals surface area contributed by atoms with Gasteiger partial charge in [-0.3, -0.25) is 5.32 Å². The number of carbonyl (C=O) groups excluding carboxylic acids is 1. The molecule has 0 bridgehead atoms. The van der Waals surface area contributed by atoms with E-state index >= 15 is 0 Å². The van der Waals surface area contributed by atoms with Crippen LogP contribution in [0.15, 0.2) is 29.6 Å². The average molecular weight is 359 g/mol. The molecule has 0 radical (unpaired) electrons. The molecule has 0 aliphatic carbocycles. The number of nitrogens with one attached hydrogen (secondary N) is 1. The molecule has 2 heterocycles. The van der Waals surface area contributed by atoms with Crippen LogP contribution in [0.1, 0.15) is 10.4 Å². The normalized spacial score (nSPS) is 19.6. The van der Waals surface area contributed by atoms with E-state index in [-0.39, 0.29) is 4.88 Å². The minimum Gasteiger partial charge on any atom is -0.415 e. The van der Waals surface area contributed by atoms with E-state index in [9.17, 15) is 26.7 Å². The lowest BCUT2D eigenvalue weighted by atomic mass is 9.89. The van der Waals surface area contributed by atoms with Crippen molar-refractivity contribution < 1.29 is 31.5 Å². The van der Waals surface area contributed by atoms with Crippen molar-refractivity contribution in [3.8, 4) is 11.8 Å². The van der Waals surface area contributed by atoms with Gasteiger partial charge in [-0.25, -0.2) is 13.6 Å². The third-order valence-corrected chi connectivity index (χ3v) is 4.00. The number of amides is 1. The molecule has 124 valence electrons. The lowest BCUT2D eigenvalue weighted by molar-refractivity contribution is -0.240. The number of thiophene rings is 1. The van der Waals surface area contributed by atoms with Crippen LogP contribution in [0.4, 0.5) is 32.4 Å². The van der Waals surface area contributed by atoms with E-state index in [1.165, 1.54) is 6.07 Å². The molecule has 1 amide bonds. The van der Waals surface area contributed by atoms with Crippen LogP contribution in [0, 0.1) is 23.5 Å². The van der Waals surface area contributed by atoms with Gasteiger partial charge in [0.1, 0.15) is 0 Å². The molecule has 0 saturated carbocycles. The molecule has 24 heavy (non-hydrogen) atoms. The molecule has 1 aliphatic heterocycles. The number of hydrogen-bond acceptors (Lipinski definition) is 3. The predicted molar refractivity (Wildman–Crippen MR) is 75.4 cm³/mol. The Kier molecular flexibility index (Phi) is 3.72. The molecule has 0 fully saturated rings. The number of rotatable bonds is 0. The first-order valence-corrected chi connectivity index (χ1v) is 7.24. The van der Waals surface area contributed by atoms with Crippen LogP contribution < -0.4 is 5.32 Å². The molecular formula is C15H6F5NO2S. The second kappa shape index (κ2) is 5.49.